The first-order valence-electron chi connectivity index (χ1n) is 5.89. The van der Waals surface area contributed by atoms with E-state index in [2.05, 4.69) is 10.4 Å². The molecule has 1 N–H and O–H groups in total. The minimum absolute atomic E-state index is 0.0915. The van der Waals surface area contributed by atoms with E-state index in [1.165, 1.54) is 17.1 Å². The van der Waals surface area contributed by atoms with Crippen LogP contribution in [0.1, 0.15) is 12.5 Å². The highest BCUT2D eigenvalue weighted by Crippen LogP contribution is 2.30. The third-order valence-corrected chi connectivity index (χ3v) is 2.68. The Bertz CT molecular complexity index is 672. The molecular weight excluding hydrogens is 273 g/mol. The number of aromatic nitrogens is 3. The molecule has 2 heterocycles. The highest BCUT2D eigenvalue weighted by Gasteiger charge is 2.32. The van der Waals surface area contributed by atoms with Crippen LogP contribution in [0.2, 0.25) is 0 Å². The van der Waals surface area contributed by atoms with Crippen LogP contribution in [0, 0.1) is 0 Å². The lowest BCUT2D eigenvalue weighted by atomic mass is 10.2. The molecule has 0 fully saturated rings. The van der Waals surface area contributed by atoms with Crippen LogP contribution in [0.5, 0.6) is 0 Å². The molecule has 20 heavy (non-hydrogen) atoms. The highest BCUT2D eigenvalue weighted by atomic mass is 19.4. The summed E-state index contributed by atoms with van der Waals surface area (Å²) in [7, 11) is 1.62. The van der Waals surface area contributed by atoms with Crippen LogP contribution in [0.4, 0.5) is 18.9 Å². The number of nitrogens with zero attached hydrogens (tertiary/aromatic N) is 3. The molecule has 8 heteroatoms. The van der Waals surface area contributed by atoms with E-state index in [0.29, 0.717) is 6.54 Å². The number of anilines is 1. The Kier molecular flexibility index (Phi) is 3.56. The monoisotopic (exact) mass is 286 g/mol. The molecule has 0 aromatic carbocycles. The van der Waals surface area contributed by atoms with Crippen molar-refractivity contribution in [3.63, 3.8) is 0 Å². The van der Waals surface area contributed by atoms with Crippen molar-refractivity contribution in [2.45, 2.75) is 13.1 Å². The number of hydrogen-bond acceptors (Lipinski definition) is 3. The molecule has 0 saturated heterocycles. The highest BCUT2D eigenvalue weighted by molar-refractivity contribution is 5.46. The van der Waals surface area contributed by atoms with Crippen molar-refractivity contribution >= 4 is 5.69 Å². The van der Waals surface area contributed by atoms with Gasteiger partial charge in [0.2, 0.25) is 0 Å². The van der Waals surface area contributed by atoms with Gasteiger partial charge in [-0.3, -0.25) is 14.0 Å². The van der Waals surface area contributed by atoms with Gasteiger partial charge in [-0.1, -0.05) is 0 Å². The van der Waals surface area contributed by atoms with Crippen LogP contribution >= 0.6 is 0 Å². The van der Waals surface area contributed by atoms with Gasteiger partial charge in [-0.2, -0.15) is 18.3 Å². The zero-order valence-corrected chi connectivity index (χ0v) is 10.9. The van der Waals surface area contributed by atoms with Gasteiger partial charge in [0.25, 0.3) is 5.56 Å². The fraction of sp³-hybridized carbons (Fsp3) is 0.333. The second kappa shape index (κ2) is 5.03. The Morgan fingerprint density at radius 2 is 2.05 bits per heavy atom. The molecule has 0 radical (unpaired) electrons. The second-order valence-corrected chi connectivity index (χ2v) is 4.22. The average molecular weight is 286 g/mol. The number of rotatable bonds is 3. The summed E-state index contributed by atoms with van der Waals surface area (Å²) in [5.41, 5.74) is -1.25. The lowest BCUT2D eigenvalue weighted by Crippen LogP contribution is -2.24. The van der Waals surface area contributed by atoms with E-state index in [4.69, 9.17) is 0 Å². The molecule has 0 spiro atoms. The first kappa shape index (κ1) is 14.2. The van der Waals surface area contributed by atoms with Gasteiger partial charge in [0.1, 0.15) is 5.69 Å². The molecule has 2 rings (SSSR count). The lowest BCUT2D eigenvalue weighted by molar-refractivity contribution is -0.137. The van der Waals surface area contributed by atoms with Crippen LogP contribution in [0.25, 0.3) is 5.69 Å². The number of hydrogen-bond donors (Lipinski definition) is 1. The predicted molar refractivity (Wildman–Crippen MR) is 68.0 cm³/mol. The summed E-state index contributed by atoms with van der Waals surface area (Å²) in [6.45, 7) is 2.05. The largest absolute Gasteiger partial charge is 0.417 e. The topological polar surface area (TPSA) is 51.9 Å². The Balaban J connectivity index is 2.66. The third-order valence-electron chi connectivity index (χ3n) is 2.68. The summed E-state index contributed by atoms with van der Waals surface area (Å²) < 4.78 is 41.0. The first-order chi connectivity index (χ1) is 9.32. The van der Waals surface area contributed by atoms with Crippen LogP contribution < -0.4 is 10.9 Å². The number of pyridine rings is 1. The summed E-state index contributed by atoms with van der Waals surface area (Å²) in [4.78, 5) is 12.1. The molecule has 0 aliphatic heterocycles. The molecule has 0 unspecified atom stereocenters. The second-order valence-electron chi connectivity index (χ2n) is 4.22. The fourth-order valence-corrected chi connectivity index (χ4v) is 1.78. The van der Waals surface area contributed by atoms with Crippen molar-refractivity contribution < 1.29 is 13.2 Å². The van der Waals surface area contributed by atoms with E-state index in [0.717, 1.165) is 16.8 Å². The molecule has 0 aliphatic carbocycles. The fourth-order valence-electron chi connectivity index (χ4n) is 1.78. The van der Waals surface area contributed by atoms with E-state index in [1.807, 2.05) is 0 Å². The molecule has 0 bridgehead atoms. The van der Waals surface area contributed by atoms with Crippen molar-refractivity contribution in [3.05, 3.63) is 40.6 Å². The molecule has 108 valence electrons. The molecule has 2 aromatic heterocycles. The quantitative estimate of drug-likeness (QED) is 0.939. The van der Waals surface area contributed by atoms with Gasteiger partial charge in [-0.25, -0.2) is 0 Å². The Labute approximate surface area is 112 Å². The van der Waals surface area contributed by atoms with E-state index >= 15 is 0 Å². The summed E-state index contributed by atoms with van der Waals surface area (Å²) in [5, 5.41) is 6.50. The summed E-state index contributed by atoms with van der Waals surface area (Å²) in [6.07, 6.45) is -0.948. The zero-order chi connectivity index (χ0) is 14.9. The van der Waals surface area contributed by atoms with Gasteiger partial charge in [-0.05, 0) is 13.0 Å². The van der Waals surface area contributed by atoms with E-state index in [-0.39, 0.29) is 11.4 Å². The summed E-state index contributed by atoms with van der Waals surface area (Å²) in [5.74, 6) is 0. The number of alkyl halides is 3. The van der Waals surface area contributed by atoms with Gasteiger partial charge in [-0.15, -0.1) is 0 Å². The maximum Gasteiger partial charge on any atom is 0.417 e. The Hall–Kier alpha value is -2.25. The third kappa shape index (κ3) is 2.68. The van der Waals surface area contributed by atoms with Crippen LogP contribution in [0.15, 0.2) is 29.5 Å². The van der Waals surface area contributed by atoms with Crippen molar-refractivity contribution in [1.82, 2.24) is 14.3 Å². The predicted octanol–water partition coefficient (Wildman–Crippen LogP) is 2.02. The SMILES string of the molecule is CCNc1cc(C(F)(F)F)cn(-c2cnn(C)c2)c1=O. The zero-order valence-electron chi connectivity index (χ0n) is 10.9. The minimum Gasteiger partial charge on any atom is -0.381 e. The molecule has 0 atom stereocenters. The van der Waals surface area contributed by atoms with Gasteiger partial charge >= 0.3 is 6.18 Å². The van der Waals surface area contributed by atoms with Crippen molar-refractivity contribution in [3.8, 4) is 5.69 Å². The Morgan fingerprint density at radius 1 is 1.35 bits per heavy atom. The first-order valence-corrected chi connectivity index (χ1v) is 5.89. The number of aryl methyl sites for hydroxylation is 1. The number of halogens is 3. The van der Waals surface area contributed by atoms with Crippen LogP contribution in [-0.4, -0.2) is 20.9 Å². The average Bonchev–Trinajstić information content (AvgIpc) is 2.77. The van der Waals surface area contributed by atoms with Crippen molar-refractivity contribution in [2.75, 3.05) is 11.9 Å². The van der Waals surface area contributed by atoms with Crippen LogP contribution in [0.3, 0.4) is 0 Å². The van der Waals surface area contributed by atoms with Gasteiger partial charge in [0, 0.05) is 26.0 Å². The molecule has 5 nitrogen and oxygen atoms in total. The van der Waals surface area contributed by atoms with Crippen molar-refractivity contribution in [2.24, 2.45) is 7.05 Å². The molecular formula is C12H13F3N4O. The molecule has 0 aliphatic rings. The van der Waals surface area contributed by atoms with E-state index in [9.17, 15) is 18.0 Å². The molecule has 2 aromatic rings. The maximum absolute atomic E-state index is 12.9. The normalized spacial score (nSPS) is 11.7. The van der Waals surface area contributed by atoms with Crippen molar-refractivity contribution in [1.29, 1.82) is 0 Å². The molecule has 0 amide bonds. The summed E-state index contributed by atoms with van der Waals surface area (Å²) >= 11 is 0. The van der Waals surface area contributed by atoms with Gasteiger partial charge < -0.3 is 5.32 Å². The van der Waals surface area contributed by atoms with E-state index < -0.39 is 17.3 Å². The smallest absolute Gasteiger partial charge is 0.381 e. The van der Waals surface area contributed by atoms with Crippen LogP contribution in [-0.2, 0) is 13.2 Å². The standard InChI is InChI=1S/C12H13F3N4O/c1-3-16-10-4-8(12(13,14)15)6-19(11(10)20)9-5-17-18(2)7-9/h4-7,16H,3H2,1-2H3. The maximum atomic E-state index is 12.9. The van der Waals surface area contributed by atoms with E-state index in [1.54, 1.807) is 14.0 Å². The number of nitrogens with one attached hydrogen (secondary N) is 1. The van der Waals surface area contributed by atoms with Gasteiger partial charge in [0.15, 0.2) is 0 Å². The lowest BCUT2D eigenvalue weighted by Gasteiger charge is -2.13. The Morgan fingerprint density at radius 3 is 2.55 bits per heavy atom. The minimum atomic E-state index is -4.53. The molecule has 0 saturated carbocycles. The summed E-state index contributed by atoms with van der Waals surface area (Å²) in [6, 6.07) is 0.818. The van der Waals surface area contributed by atoms with Gasteiger partial charge in [0.05, 0.1) is 17.4 Å².